The monoisotopic (exact) mass is 510 g/mol. The van der Waals surface area contributed by atoms with Gasteiger partial charge in [-0.15, -0.1) is 0 Å². The number of rotatable bonds is 10. The summed E-state index contributed by atoms with van der Waals surface area (Å²) in [5.74, 6) is -0.120. The average molecular weight is 510 g/mol. The number of carbonyl (C=O) groups is 1. The highest BCUT2D eigenvalue weighted by Gasteiger charge is 2.39. The Labute approximate surface area is 204 Å². The Balaban J connectivity index is 1.45. The lowest BCUT2D eigenvalue weighted by Gasteiger charge is -2.35. The van der Waals surface area contributed by atoms with Gasteiger partial charge in [0.05, 0.1) is 38.0 Å². The molecule has 1 saturated heterocycles. The van der Waals surface area contributed by atoms with E-state index in [1.165, 1.54) is 13.3 Å². The molecule has 11 nitrogen and oxygen atoms in total. The number of methoxy groups -OCH3 is 1. The molecule has 1 amide bonds. The number of pyridine rings is 1. The Morgan fingerprint density at radius 1 is 1.22 bits per heavy atom. The van der Waals surface area contributed by atoms with Gasteiger partial charge in [0.25, 0.3) is 5.56 Å². The van der Waals surface area contributed by atoms with E-state index in [1.807, 2.05) is 11.0 Å². The van der Waals surface area contributed by atoms with Crippen LogP contribution in [0.2, 0.25) is 0 Å². The van der Waals surface area contributed by atoms with E-state index in [9.17, 15) is 22.8 Å². The Bertz CT molecular complexity index is 1110. The van der Waals surface area contributed by atoms with E-state index >= 15 is 0 Å². The second-order valence-electron chi connectivity index (χ2n) is 7.84. The van der Waals surface area contributed by atoms with Crippen LogP contribution < -0.4 is 15.2 Å². The van der Waals surface area contributed by atoms with Crippen LogP contribution in [-0.2, 0) is 20.4 Å². The van der Waals surface area contributed by atoms with Gasteiger partial charge in [0.2, 0.25) is 5.91 Å². The van der Waals surface area contributed by atoms with Gasteiger partial charge in [-0.25, -0.2) is 10.1 Å². The molecule has 1 N–H and O–H groups in total. The third-order valence-electron chi connectivity index (χ3n) is 5.35. The number of nitrogens with one attached hydrogen (secondary N) is 1. The fraction of sp³-hybridized carbons (Fsp3) is 0.500. The smallest absolute Gasteiger partial charge is 0.425 e. The van der Waals surface area contributed by atoms with Crippen molar-refractivity contribution < 1.29 is 32.2 Å². The number of hydrogen-bond acceptors (Lipinski definition) is 9. The van der Waals surface area contributed by atoms with Gasteiger partial charge in [0.1, 0.15) is 18.0 Å². The predicted molar refractivity (Wildman–Crippen MR) is 119 cm³/mol. The van der Waals surface area contributed by atoms with Crippen molar-refractivity contribution in [3.8, 4) is 11.8 Å². The second-order valence-corrected chi connectivity index (χ2v) is 7.84. The van der Waals surface area contributed by atoms with Crippen molar-refractivity contribution in [2.75, 3.05) is 58.0 Å². The standard InChI is InChI=1S/C22H25F3N6O5/c1-34-13-16(36-17-12-28-29-21(33)20(17)22(23,24)25)14-35-9-4-19(32)31-7-5-30(6-8-31)18-3-2-15(10-26)11-27-18/h2-3,11-12,16H,4-9,13-14H2,1H3,(H,29,33). The maximum Gasteiger partial charge on any atom is 0.425 e. The highest BCUT2D eigenvalue weighted by molar-refractivity contribution is 5.76. The van der Waals surface area contributed by atoms with E-state index in [0.29, 0.717) is 31.7 Å². The summed E-state index contributed by atoms with van der Waals surface area (Å²) in [5.41, 5.74) is -2.44. The maximum absolute atomic E-state index is 13.2. The molecule has 0 spiro atoms. The number of amides is 1. The van der Waals surface area contributed by atoms with Gasteiger partial charge in [-0.2, -0.15) is 23.5 Å². The van der Waals surface area contributed by atoms with Gasteiger partial charge < -0.3 is 24.0 Å². The summed E-state index contributed by atoms with van der Waals surface area (Å²) >= 11 is 0. The Morgan fingerprint density at radius 2 is 1.97 bits per heavy atom. The molecular formula is C22H25F3N6O5. The molecular weight excluding hydrogens is 485 g/mol. The Kier molecular flexibility index (Phi) is 9.20. The van der Waals surface area contributed by atoms with Crippen molar-refractivity contribution >= 4 is 11.7 Å². The topological polar surface area (TPSA) is 134 Å². The molecule has 0 bridgehead atoms. The van der Waals surface area contributed by atoms with Crippen LogP contribution in [0.4, 0.5) is 19.0 Å². The third-order valence-corrected chi connectivity index (χ3v) is 5.35. The summed E-state index contributed by atoms with van der Waals surface area (Å²) in [5, 5.41) is 14.0. The molecule has 1 atom stereocenters. The predicted octanol–water partition coefficient (Wildman–Crippen LogP) is 1.20. The summed E-state index contributed by atoms with van der Waals surface area (Å²) in [4.78, 5) is 32.1. The van der Waals surface area contributed by atoms with Crippen molar-refractivity contribution in [2.24, 2.45) is 0 Å². The van der Waals surface area contributed by atoms with Crippen LogP contribution in [0.3, 0.4) is 0 Å². The number of anilines is 1. The minimum absolute atomic E-state index is 0.0273. The highest BCUT2D eigenvalue weighted by Crippen LogP contribution is 2.33. The lowest BCUT2D eigenvalue weighted by Crippen LogP contribution is -2.49. The quantitative estimate of drug-likeness (QED) is 0.468. The number of carbonyl (C=O) groups excluding carboxylic acids is 1. The van der Waals surface area contributed by atoms with Crippen LogP contribution in [-0.4, -0.2) is 85.2 Å². The first kappa shape index (κ1) is 26.9. The zero-order chi connectivity index (χ0) is 26.1. The van der Waals surface area contributed by atoms with E-state index < -0.39 is 29.2 Å². The summed E-state index contributed by atoms with van der Waals surface area (Å²) in [7, 11) is 1.34. The SMILES string of the molecule is COCC(COCCC(=O)N1CCN(c2ccc(C#N)cn2)CC1)Oc1cn[nH]c(=O)c1C(F)(F)F. The molecule has 194 valence electrons. The number of halogens is 3. The van der Waals surface area contributed by atoms with Gasteiger partial charge in [-0.1, -0.05) is 0 Å². The second kappa shape index (κ2) is 12.3. The molecule has 1 aliphatic heterocycles. The number of hydrogen-bond donors (Lipinski definition) is 1. The van der Waals surface area contributed by atoms with Gasteiger partial charge in [0.15, 0.2) is 11.3 Å². The molecule has 0 aromatic carbocycles. The highest BCUT2D eigenvalue weighted by atomic mass is 19.4. The molecule has 0 aliphatic carbocycles. The molecule has 1 aliphatic rings. The Hall–Kier alpha value is -3.70. The normalized spacial score (nSPS) is 14.9. The minimum Gasteiger partial charge on any atom is -0.483 e. The van der Waals surface area contributed by atoms with Crippen molar-refractivity contribution in [3.63, 3.8) is 0 Å². The van der Waals surface area contributed by atoms with Crippen LogP contribution in [0.5, 0.6) is 5.75 Å². The van der Waals surface area contributed by atoms with Crippen LogP contribution in [0.15, 0.2) is 29.3 Å². The fourth-order valence-electron chi connectivity index (χ4n) is 3.58. The van der Waals surface area contributed by atoms with Crippen molar-refractivity contribution in [1.29, 1.82) is 5.26 Å². The number of ether oxygens (including phenoxy) is 3. The number of aromatic nitrogens is 3. The molecule has 3 rings (SSSR count). The van der Waals surface area contributed by atoms with E-state index in [2.05, 4.69) is 10.1 Å². The molecule has 14 heteroatoms. The first-order valence-electron chi connectivity index (χ1n) is 11.0. The van der Waals surface area contributed by atoms with E-state index in [0.717, 1.165) is 12.0 Å². The lowest BCUT2D eigenvalue weighted by atomic mass is 10.2. The van der Waals surface area contributed by atoms with E-state index in [-0.39, 0.29) is 32.1 Å². The number of nitrogens with zero attached hydrogens (tertiary/aromatic N) is 5. The van der Waals surface area contributed by atoms with Gasteiger partial charge in [-0.3, -0.25) is 9.59 Å². The van der Waals surface area contributed by atoms with Gasteiger partial charge >= 0.3 is 6.18 Å². The van der Waals surface area contributed by atoms with Crippen LogP contribution in [0, 0.1) is 11.3 Å². The minimum atomic E-state index is -4.93. The summed E-state index contributed by atoms with van der Waals surface area (Å²) in [6.07, 6.45) is -3.55. The van der Waals surface area contributed by atoms with Crippen molar-refractivity contribution in [2.45, 2.75) is 18.7 Å². The van der Waals surface area contributed by atoms with Gasteiger partial charge in [-0.05, 0) is 12.1 Å². The molecule has 3 heterocycles. The molecule has 0 saturated carbocycles. The van der Waals surface area contributed by atoms with E-state index in [4.69, 9.17) is 19.5 Å². The van der Waals surface area contributed by atoms with Crippen LogP contribution in [0.25, 0.3) is 0 Å². The van der Waals surface area contributed by atoms with E-state index in [1.54, 1.807) is 22.1 Å². The van der Waals surface area contributed by atoms with Crippen molar-refractivity contribution in [3.05, 3.63) is 46.0 Å². The summed E-state index contributed by atoms with van der Waals surface area (Å²) in [6, 6.07) is 5.47. The van der Waals surface area contributed by atoms with Gasteiger partial charge in [0, 0.05) is 39.5 Å². The van der Waals surface area contributed by atoms with Crippen LogP contribution >= 0.6 is 0 Å². The van der Waals surface area contributed by atoms with Crippen molar-refractivity contribution in [1.82, 2.24) is 20.1 Å². The van der Waals surface area contributed by atoms with Crippen LogP contribution in [0.1, 0.15) is 17.5 Å². The molecule has 1 fully saturated rings. The largest absolute Gasteiger partial charge is 0.483 e. The number of nitriles is 1. The maximum atomic E-state index is 13.2. The number of H-pyrrole nitrogens is 1. The molecule has 0 radical (unpaired) electrons. The first-order chi connectivity index (χ1) is 17.2. The molecule has 1 unspecified atom stereocenters. The number of alkyl halides is 3. The molecule has 2 aromatic rings. The summed E-state index contributed by atoms with van der Waals surface area (Å²) in [6.45, 7) is 1.91. The fourth-order valence-corrected chi connectivity index (χ4v) is 3.58. The number of aromatic amines is 1. The summed E-state index contributed by atoms with van der Waals surface area (Å²) < 4.78 is 55.4. The Morgan fingerprint density at radius 3 is 2.58 bits per heavy atom. The first-order valence-corrected chi connectivity index (χ1v) is 11.0. The number of piperazine rings is 1. The average Bonchev–Trinajstić information content (AvgIpc) is 2.86. The zero-order valence-corrected chi connectivity index (χ0v) is 19.5. The molecule has 36 heavy (non-hydrogen) atoms. The lowest BCUT2D eigenvalue weighted by molar-refractivity contribution is -0.141. The molecule has 2 aromatic heterocycles. The zero-order valence-electron chi connectivity index (χ0n) is 19.5. The third kappa shape index (κ3) is 7.15.